The van der Waals surface area contributed by atoms with Crippen LogP contribution in [0.25, 0.3) is 0 Å². The molecule has 0 aromatic carbocycles. The normalized spacial score (nSPS) is 25.6. The first kappa shape index (κ1) is 11.9. The summed E-state index contributed by atoms with van der Waals surface area (Å²) in [5.41, 5.74) is 0. The van der Waals surface area contributed by atoms with Gasteiger partial charge in [-0.15, -0.1) is 0 Å². The lowest BCUT2D eigenvalue weighted by atomic mass is 10.1. The predicted octanol–water partition coefficient (Wildman–Crippen LogP) is 0.877. The van der Waals surface area contributed by atoms with Crippen LogP contribution in [-0.4, -0.2) is 59.6 Å². The zero-order valence-corrected chi connectivity index (χ0v) is 10.1. The van der Waals surface area contributed by atoms with Gasteiger partial charge in [-0.2, -0.15) is 0 Å². The van der Waals surface area contributed by atoms with Crippen molar-refractivity contribution in [2.45, 2.75) is 32.2 Å². The fourth-order valence-corrected chi connectivity index (χ4v) is 2.51. The minimum atomic E-state index is -0.668. The second-order valence-electron chi connectivity index (χ2n) is 5.04. The molecular weight excluding hydrogens is 204 g/mol. The van der Waals surface area contributed by atoms with Crippen molar-refractivity contribution in [3.63, 3.8) is 0 Å². The molecule has 0 bridgehead atoms. The van der Waals surface area contributed by atoms with Crippen LogP contribution >= 0.6 is 0 Å². The molecule has 2 aliphatic rings. The van der Waals surface area contributed by atoms with Crippen molar-refractivity contribution in [1.29, 1.82) is 0 Å². The molecule has 1 atom stereocenters. The fraction of sp³-hybridized carbons (Fsp3) is 0.917. The molecule has 0 radical (unpaired) electrons. The van der Waals surface area contributed by atoms with E-state index in [9.17, 15) is 4.79 Å². The standard InChI is InChI=1S/C12H22N2O2/c1-2-11(12(15)16)14-7-5-13(6-8-14)9-10-3-4-10/h10-11H,2-9H2,1H3,(H,15,16). The predicted molar refractivity (Wildman–Crippen MR) is 62.5 cm³/mol. The first-order valence-electron chi connectivity index (χ1n) is 6.40. The molecule has 1 aliphatic carbocycles. The van der Waals surface area contributed by atoms with Crippen LogP contribution in [-0.2, 0) is 4.79 Å². The number of piperazine rings is 1. The van der Waals surface area contributed by atoms with E-state index in [1.807, 2.05) is 6.92 Å². The second kappa shape index (κ2) is 5.15. The van der Waals surface area contributed by atoms with Crippen molar-refractivity contribution in [1.82, 2.24) is 9.80 Å². The highest BCUT2D eigenvalue weighted by Gasteiger charge is 2.30. The molecule has 1 N–H and O–H groups in total. The van der Waals surface area contributed by atoms with Gasteiger partial charge in [-0.05, 0) is 25.2 Å². The topological polar surface area (TPSA) is 43.8 Å². The van der Waals surface area contributed by atoms with Crippen LogP contribution in [0.5, 0.6) is 0 Å². The van der Waals surface area contributed by atoms with Gasteiger partial charge in [0.2, 0.25) is 0 Å². The molecule has 0 aromatic heterocycles. The highest BCUT2D eigenvalue weighted by molar-refractivity contribution is 5.73. The smallest absolute Gasteiger partial charge is 0.320 e. The molecule has 0 aromatic rings. The molecule has 0 spiro atoms. The van der Waals surface area contributed by atoms with Gasteiger partial charge >= 0.3 is 5.97 Å². The number of carboxylic acid groups (broad SMARTS) is 1. The van der Waals surface area contributed by atoms with Crippen LogP contribution in [0.15, 0.2) is 0 Å². The van der Waals surface area contributed by atoms with Crippen molar-refractivity contribution in [3.05, 3.63) is 0 Å². The number of hydrogen-bond donors (Lipinski definition) is 1. The summed E-state index contributed by atoms with van der Waals surface area (Å²) in [6, 6.07) is -0.275. The Bertz CT molecular complexity index is 245. The Kier molecular flexibility index (Phi) is 3.82. The SMILES string of the molecule is CCC(C(=O)O)N1CCN(CC2CC2)CC1. The summed E-state index contributed by atoms with van der Waals surface area (Å²) >= 11 is 0. The molecule has 1 saturated carbocycles. The van der Waals surface area contributed by atoms with E-state index >= 15 is 0 Å². The first-order chi connectivity index (χ1) is 7.70. The van der Waals surface area contributed by atoms with Crippen LogP contribution in [0, 0.1) is 5.92 Å². The molecule has 4 nitrogen and oxygen atoms in total. The highest BCUT2D eigenvalue weighted by atomic mass is 16.4. The fourth-order valence-electron chi connectivity index (χ4n) is 2.51. The Balaban J connectivity index is 1.76. The molecule has 1 heterocycles. The van der Waals surface area contributed by atoms with E-state index in [1.165, 1.54) is 19.4 Å². The third-order valence-electron chi connectivity index (χ3n) is 3.73. The molecule has 2 rings (SSSR count). The van der Waals surface area contributed by atoms with Gasteiger partial charge in [0.1, 0.15) is 6.04 Å². The summed E-state index contributed by atoms with van der Waals surface area (Å²) in [6.07, 6.45) is 3.50. The van der Waals surface area contributed by atoms with Gasteiger partial charge < -0.3 is 10.0 Å². The lowest BCUT2D eigenvalue weighted by molar-refractivity contribution is -0.144. The highest BCUT2D eigenvalue weighted by Crippen LogP contribution is 2.30. The molecular formula is C12H22N2O2. The third kappa shape index (κ3) is 2.95. The summed E-state index contributed by atoms with van der Waals surface area (Å²) in [5.74, 6) is 0.270. The van der Waals surface area contributed by atoms with Gasteiger partial charge in [0.15, 0.2) is 0 Å². The van der Waals surface area contributed by atoms with Gasteiger partial charge in [0.05, 0.1) is 0 Å². The molecule has 1 saturated heterocycles. The second-order valence-corrected chi connectivity index (χ2v) is 5.04. The number of carboxylic acids is 1. The van der Waals surface area contributed by atoms with E-state index < -0.39 is 5.97 Å². The monoisotopic (exact) mass is 226 g/mol. The number of hydrogen-bond acceptors (Lipinski definition) is 3. The summed E-state index contributed by atoms with van der Waals surface area (Å²) in [7, 11) is 0. The zero-order valence-electron chi connectivity index (χ0n) is 10.1. The number of aliphatic carboxylic acids is 1. The minimum Gasteiger partial charge on any atom is -0.480 e. The van der Waals surface area contributed by atoms with E-state index in [0.29, 0.717) is 6.42 Å². The lowest BCUT2D eigenvalue weighted by Crippen LogP contribution is -2.52. The Labute approximate surface area is 97.2 Å². The van der Waals surface area contributed by atoms with Crippen LogP contribution < -0.4 is 0 Å². The molecule has 92 valence electrons. The van der Waals surface area contributed by atoms with Gasteiger partial charge in [-0.1, -0.05) is 6.92 Å². The number of carbonyl (C=O) groups is 1. The molecule has 1 aliphatic heterocycles. The van der Waals surface area contributed by atoms with E-state index in [2.05, 4.69) is 9.80 Å². The summed E-state index contributed by atoms with van der Waals surface area (Å²) < 4.78 is 0. The van der Waals surface area contributed by atoms with E-state index in [0.717, 1.165) is 32.1 Å². The summed E-state index contributed by atoms with van der Waals surface area (Å²) in [5, 5.41) is 9.09. The van der Waals surface area contributed by atoms with Crippen molar-refractivity contribution in [2.75, 3.05) is 32.7 Å². The first-order valence-corrected chi connectivity index (χ1v) is 6.40. The maximum Gasteiger partial charge on any atom is 0.320 e. The summed E-state index contributed by atoms with van der Waals surface area (Å²) in [4.78, 5) is 15.6. The maximum absolute atomic E-state index is 11.0. The average Bonchev–Trinajstić information content (AvgIpc) is 3.05. The van der Waals surface area contributed by atoms with Crippen LogP contribution in [0.2, 0.25) is 0 Å². The number of nitrogens with zero attached hydrogens (tertiary/aromatic N) is 2. The summed E-state index contributed by atoms with van der Waals surface area (Å²) in [6.45, 7) is 7.10. The maximum atomic E-state index is 11.0. The van der Waals surface area contributed by atoms with Crippen LogP contribution in [0.4, 0.5) is 0 Å². The largest absolute Gasteiger partial charge is 0.480 e. The lowest BCUT2D eigenvalue weighted by Gasteiger charge is -2.37. The van der Waals surface area contributed by atoms with Crippen molar-refractivity contribution >= 4 is 5.97 Å². The average molecular weight is 226 g/mol. The minimum absolute atomic E-state index is 0.275. The van der Waals surface area contributed by atoms with Crippen molar-refractivity contribution in [3.8, 4) is 0 Å². The Morgan fingerprint density at radius 2 is 1.94 bits per heavy atom. The van der Waals surface area contributed by atoms with E-state index in [-0.39, 0.29) is 6.04 Å². The van der Waals surface area contributed by atoms with E-state index in [4.69, 9.17) is 5.11 Å². The molecule has 1 unspecified atom stereocenters. The zero-order chi connectivity index (χ0) is 11.5. The van der Waals surface area contributed by atoms with Gasteiger partial charge in [0.25, 0.3) is 0 Å². The molecule has 4 heteroatoms. The van der Waals surface area contributed by atoms with Gasteiger partial charge in [0, 0.05) is 32.7 Å². The molecule has 2 fully saturated rings. The Morgan fingerprint density at radius 1 is 1.31 bits per heavy atom. The van der Waals surface area contributed by atoms with Gasteiger partial charge in [-0.25, -0.2) is 0 Å². The van der Waals surface area contributed by atoms with Gasteiger partial charge in [-0.3, -0.25) is 9.69 Å². The Hall–Kier alpha value is -0.610. The molecule has 0 amide bonds. The Morgan fingerprint density at radius 3 is 2.38 bits per heavy atom. The van der Waals surface area contributed by atoms with Crippen LogP contribution in [0.1, 0.15) is 26.2 Å². The number of rotatable bonds is 5. The quantitative estimate of drug-likeness (QED) is 0.755. The van der Waals surface area contributed by atoms with Crippen LogP contribution in [0.3, 0.4) is 0 Å². The van der Waals surface area contributed by atoms with Crippen molar-refractivity contribution in [2.24, 2.45) is 5.92 Å². The van der Waals surface area contributed by atoms with E-state index in [1.54, 1.807) is 0 Å². The molecule has 16 heavy (non-hydrogen) atoms. The third-order valence-corrected chi connectivity index (χ3v) is 3.73. The van der Waals surface area contributed by atoms with Crippen molar-refractivity contribution < 1.29 is 9.90 Å².